The third-order valence-electron chi connectivity index (χ3n) is 3.76. The van der Waals surface area contributed by atoms with Crippen molar-refractivity contribution in [1.29, 1.82) is 0 Å². The van der Waals surface area contributed by atoms with E-state index in [1.807, 2.05) is 0 Å². The fraction of sp³-hybridized carbons (Fsp3) is 0.429. The largest absolute Gasteiger partial charge is 0.356 e. The number of halogens is 3. The van der Waals surface area contributed by atoms with Gasteiger partial charge in [-0.2, -0.15) is 0 Å². The number of nitrogens with zero attached hydrogens (tertiary/aromatic N) is 2. The molecule has 2 heterocycles. The Balaban J connectivity index is 1.68. The molecule has 1 N–H and O–H groups in total. The van der Waals surface area contributed by atoms with Gasteiger partial charge in [0, 0.05) is 11.9 Å². The molecule has 8 heteroatoms. The predicted octanol–water partition coefficient (Wildman–Crippen LogP) is 2.91. The molecule has 1 saturated heterocycles. The second kappa shape index (κ2) is 5.86. The van der Waals surface area contributed by atoms with E-state index in [-0.39, 0.29) is 6.54 Å². The molecule has 1 aliphatic heterocycles. The molecule has 118 valence electrons. The number of carbonyl (C=O) groups excluding carboxylic acids is 1. The zero-order chi connectivity index (χ0) is 15.7. The smallest absolute Gasteiger partial charge is 0.318 e. The van der Waals surface area contributed by atoms with Crippen molar-refractivity contribution in [2.24, 2.45) is 0 Å². The molecule has 3 rings (SSSR count). The van der Waals surface area contributed by atoms with Gasteiger partial charge in [0.05, 0.1) is 12.6 Å². The van der Waals surface area contributed by atoms with Crippen LogP contribution in [0.25, 0.3) is 11.0 Å². The molecule has 1 atom stereocenters. The van der Waals surface area contributed by atoms with Crippen LogP contribution in [0.2, 0.25) is 0 Å². The van der Waals surface area contributed by atoms with Crippen molar-refractivity contribution in [3.05, 3.63) is 29.7 Å². The van der Waals surface area contributed by atoms with E-state index in [4.69, 9.17) is 4.52 Å². The van der Waals surface area contributed by atoms with Crippen LogP contribution in [0, 0.1) is 5.82 Å². The number of alkyl halides is 2. The highest BCUT2D eigenvalue weighted by molar-refractivity contribution is 5.80. The number of fused-ring (bicyclic) bond motifs is 1. The minimum absolute atomic E-state index is 0.0122. The van der Waals surface area contributed by atoms with E-state index >= 15 is 0 Å². The Hall–Kier alpha value is -2.25. The van der Waals surface area contributed by atoms with Gasteiger partial charge in [-0.05, 0) is 31.0 Å². The highest BCUT2D eigenvalue weighted by atomic mass is 19.3. The van der Waals surface area contributed by atoms with Gasteiger partial charge in [-0.15, -0.1) is 0 Å². The molecule has 1 aromatic carbocycles. The number of benzene rings is 1. The Kier molecular flexibility index (Phi) is 3.91. The average molecular weight is 313 g/mol. The summed E-state index contributed by atoms with van der Waals surface area (Å²) in [5.74, 6) is -0.444. The summed E-state index contributed by atoms with van der Waals surface area (Å²) in [5, 5.41) is 6.75. The zero-order valence-corrected chi connectivity index (χ0v) is 11.6. The Morgan fingerprint density at radius 1 is 1.50 bits per heavy atom. The normalized spacial score (nSPS) is 18.4. The number of hydrogen-bond acceptors (Lipinski definition) is 3. The summed E-state index contributed by atoms with van der Waals surface area (Å²) in [5.41, 5.74) is 0.757. The molecule has 0 aliphatic carbocycles. The van der Waals surface area contributed by atoms with Crippen LogP contribution in [-0.4, -0.2) is 35.1 Å². The molecule has 1 aliphatic rings. The summed E-state index contributed by atoms with van der Waals surface area (Å²) in [4.78, 5) is 13.1. The molecule has 2 aromatic rings. The first kappa shape index (κ1) is 14.7. The number of nitrogens with one attached hydrogen (secondary N) is 1. The third kappa shape index (κ3) is 2.72. The first-order valence-corrected chi connectivity index (χ1v) is 6.92. The Bertz CT molecular complexity index is 689. The van der Waals surface area contributed by atoms with Crippen LogP contribution in [0.1, 0.15) is 18.5 Å². The molecule has 5 nitrogen and oxygen atoms in total. The van der Waals surface area contributed by atoms with Crippen LogP contribution >= 0.6 is 0 Å². The molecule has 1 aromatic heterocycles. The molecule has 2 amide bonds. The maximum Gasteiger partial charge on any atom is 0.318 e. The maximum atomic E-state index is 13.2. The third-order valence-corrected chi connectivity index (χ3v) is 3.76. The van der Waals surface area contributed by atoms with Crippen LogP contribution < -0.4 is 5.32 Å². The molecular weight excluding hydrogens is 299 g/mol. The molecule has 0 radical (unpaired) electrons. The van der Waals surface area contributed by atoms with Crippen molar-refractivity contribution in [3.63, 3.8) is 0 Å². The number of rotatable bonds is 3. The Morgan fingerprint density at radius 3 is 3.09 bits per heavy atom. The summed E-state index contributed by atoms with van der Waals surface area (Å²) >= 11 is 0. The minimum Gasteiger partial charge on any atom is -0.356 e. The van der Waals surface area contributed by atoms with E-state index in [0.29, 0.717) is 36.0 Å². The average Bonchev–Trinajstić information content (AvgIpc) is 3.11. The second-order valence-electron chi connectivity index (χ2n) is 5.17. The SMILES string of the molecule is O=C(NCc1noc2ccc(F)cc12)N1CCC[C@H]1C(F)F. The van der Waals surface area contributed by atoms with Gasteiger partial charge < -0.3 is 14.7 Å². The van der Waals surface area contributed by atoms with Crippen LogP contribution in [0.5, 0.6) is 0 Å². The molecule has 0 spiro atoms. The van der Waals surface area contributed by atoms with Crippen molar-refractivity contribution < 1.29 is 22.5 Å². The van der Waals surface area contributed by atoms with Crippen LogP contribution in [0.3, 0.4) is 0 Å². The van der Waals surface area contributed by atoms with Gasteiger partial charge in [0.2, 0.25) is 0 Å². The molecule has 22 heavy (non-hydrogen) atoms. The molecular formula is C14H14F3N3O2. The van der Waals surface area contributed by atoms with Crippen molar-refractivity contribution >= 4 is 17.0 Å². The van der Waals surface area contributed by atoms with Crippen molar-refractivity contribution in [3.8, 4) is 0 Å². The maximum absolute atomic E-state index is 13.2. The first-order chi connectivity index (χ1) is 10.6. The summed E-state index contributed by atoms with van der Waals surface area (Å²) in [6, 6.07) is 2.32. The van der Waals surface area contributed by atoms with Crippen LogP contribution in [0.15, 0.2) is 22.7 Å². The Labute approximate surface area is 124 Å². The van der Waals surface area contributed by atoms with Gasteiger partial charge in [-0.25, -0.2) is 18.0 Å². The number of likely N-dealkylation sites (tertiary alicyclic amines) is 1. The van der Waals surface area contributed by atoms with Gasteiger partial charge in [-0.1, -0.05) is 5.16 Å². The lowest BCUT2D eigenvalue weighted by molar-refractivity contribution is 0.0606. The monoisotopic (exact) mass is 313 g/mol. The fourth-order valence-corrected chi connectivity index (χ4v) is 2.66. The van der Waals surface area contributed by atoms with Crippen molar-refractivity contribution in [1.82, 2.24) is 15.4 Å². The molecule has 0 bridgehead atoms. The van der Waals surface area contributed by atoms with E-state index in [0.717, 1.165) is 4.90 Å². The topological polar surface area (TPSA) is 58.4 Å². The Morgan fingerprint density at radius 2 is 2.32 bits per heavy atom. The van der Waals surface area contributed by atoms with Gasteiger partial charge in [0.15, 0.2) is 5.58 Å². The van der Waals surface area contributed by atoms with Crippen molar-refractivity contribution in [2.45, 2.75) is 31.9 Å². The second-order valence-corrected chi connectivity index (χ2v) is 5.17. The summed E-state index contributed by atoms with van der Waals surface area (Å²) in [7, 11) is 0. The van der Waals surface area contributed by atoms with Crippen molar-refractivity contribution in [2.75, 3.05) is 6.54 Å². The summed E-state index contributed by atoms with van der Waals surface area (Å²) < 4.78 is 43.9. The molecule has 1 fully saturated rings. The van der Waals surface area contributed by atoms with E-state index < -0.39 is 24.3 Å². The highest BCUT2D eigenvalue weighted by Crippen LogP contribution is 2.23. The first-order valence-electron chi connectivity index (χ1n) is 6.92. The summed E-state index contributed by atoms with van der Waals surface area (Å²) in [6.07, 6.45) is -1.71. The lowest BCUT2D eigenvalue weighted by Crippen LogP contribution is -2.45. The molecule has 0 unspecified atom stereocenters. The van der Waals surface area contributed by atoms with E-state index in [1.165, 1.54) is 18.2 Å². The summed E-state index contributed by atoms with van der Waals surface area (Å²) in [6.45, 7) is 0.288. The standard InChI is InChI=1S/C14H14F3N3O2/c15-8-3-4-12-9(6-8)10(19-22-12)7-18-14(21)20-5-1-2-11(20)13(16)17/h3-4,6,11,13H,1-2,5,7H2,(H,18,21)/t11-/m0/s1. The highest BCUT2D eigenvalue weighted by Gasteiger charge is 2.35. The van der Waals surface area contributed by atoms with E-state index in [2.05, 4.69) is 10.5 Å². The fourth-order valence-electron chi connectivity index (χ4n) is 2.66. The van der Waals surface area contributed by atoms with Gasteiger partial charge in [0.25, 0.3) is 6.43 Å². The van der Waals surface area contributed by atoms with E-state index in [9.17, 15) is 18.0 Å². The predicted molar refractivity (Wildman–Crippen MR) is 71.9 cm³/mol. The zero-order valence-electron chi connectivity index (χ0n) is 11.6. The number of amides is 2. The van der Waals surface area contributed by atoms with E-state index in [1.54, 1.807) is 0 Å². The lowest BCUT2D eigenvalue weighted by Gasteiger charge is -2.24. The van der Waals surface area contributed by atoms with Gasteiger partial charge >= 0.3 is 6.03 Å². The van der Waals surface area contributed by atoms with Crippen LogP contribution in [0.4, 0.5) is 18.0 Å². The van der Waals surface area contributed by atoms with Gasteiger partial charge in [-0.3, -0.25) is 0 Å². The minimum atomic E-state index is -2.56. The quantitative estimate of drug-likeness (QED) is 0.948. The van der Waals surface area contributed by atoms with Gasteiger partial charge in [0.1, 0.15) is 11.5 Å². The number of aromatic nitrogens is 1. The lowest BCUT2D eigenvalue weighted by atomic mass is 10.2. The number of hydrogen-bond donors (Lipinski definition) is 1. The molecule has 0 saturated carbocycles. The number of carbonyl (C=O) groups is 1. The number of urea groups is 1. The van der Waals surface area contributed by atoms with Crippen LogP contribution in [-0.2, 0) is 6.54 Å².